The monoisotopic (exact) mass is 275 g/mol. The first-order valence-corrected chi connectivity index (χ1v) is 7.96. The van der Waals surface area contributed by atoms with Gasteiger partial charge in [-0.3, -0.25) is 0 Å². The van der Waals surface area contributed by atoms with Gasteiger partial charge in [-0.1, -0.05) is 25.3 Å². The number of nitrogens with one attached hydrogen (secondary N) is 1. The highest BCUT2D eigenvalue weighted by Crippen LogP contribution is 2.32. The third-order valence-electron chi connectivity index (χ3n) is 4.43. The molecule has 0 aromatic heterocycles. The highest BCUT2D eigenvalue weighted by molar-refractivity contribution is 5.44. The molecule has 0 bridgehead atoms. The van der Waals surface area contributed by atoms with Gasteiger partial charge >= 0.3 is 0 Å². The Kier molecular flexibility index (Phi) is 4.46. The van der Waals surface area contributed by atoms with Gasteiger partial charge in [0.05, 0.1) is 0 Å². The number of fused-ring (bicyclic) bond motifs is 1. The van der Waals surface area contributed by atoms with E-state index < -0.39 is 0 Å². The van der Waals surface area contributed by atoms with E-state index in [1.807, 2.05) is 6.07 Å². The second kappa shape index (κ2) is 6.49. The van der Waals surface area contributed by atoms with Crippen LogP contribution in [0, 0.1) is 0 Å². The van der Waals surface area contributed by atoms with Gasteiger partial charge in [0.1, 0.15) is 0 Å². The molecular formula is C17H25NO2. The average molecular weight is 275 g/mol. The van der Waals surface area contributed by atoms with E-state index in [9.17, 15) is 0 Å². The van der Waals surface area contributed by atoms with E-state index in [0.29, 0.717) is 12.8 Å². The fourth-order valence-corrected chi connectivity index (χ4v) is 3.23. The lowest BCUT2D eigenvalue weighted by Gasteiger charge is -2.26. The van der Waals surface area contributed by atoms with Crippen LogP contribution in [0.5, 0.6) is 11.5 Å². The maximum absolute atomic E-state index is 5.43. The van der Waals surface area contributed by atoms with Gasteiger partial charge in [-0.15, -0.1) is 0 Å². The zero-order valence-electron chi connectivity index (χ0n) is 12.4. The largest absolute Gasteiger partial charge is 0.454 e. The normalized spacial score (nSPS) is 20.1. The molecule has 2 aliphatic rings. The predicted molar refractivity (Wildman–Crippen MR) is 80.4 cm³/mol. The molecule has 1 atom stereocenters. The summed E-state index contributed by atoms with van der Waals surface area (Å²) in [5.41, 5.74) is 1.34. The summed E-state index contributed by atoms with van der Waals surface area (Å²) >= 11 is 0. The first-order valence-electron chi connectivity index (χ1n) is 7.96. The Morgan fingerprint density at radius 2 is 1.95 bits per heavy atom. The minimum absolute atomic E-state index is 0.360. The van der Waals surface area contributed by atoms with Crippen LogP contribution in [0.2, 0.25) is 0 Å². The maximum atomic E-state index is 5.43. The number of hydrogen-bond acceptors (Lipinski definition) is 3. The van der Waals surface area contributed by atoms with Gasteiger partial charge in [0.25, 0.3) is 0 Å². The van der Waals surface area contributed by atoms with Gasteiger partial charge in [0, 0.05) is 12.1 Å². The molecule has 3 rings (SSSR count). The van der Waals surface area contributed by atoms with Crippen LogP contribution in [-0.4, -0.2) is 18.9 Å². The van der Waals surface area contributed by atoms with Crippen molar-refractivity contribution in [3.8, 4) is 11.5 Å². The smallest absolute Gasteiger partial charge is 0.231 e. The standard InChI is InChI=1S/C17H25NO2/c1-13(18-15-5-3-2-4-6-15)7-8-14-9-10-16-17(11-14)20-12-19-16/h9-11,13,15,18H,2-8,12H2,1H3. The minimum atomic E-state index is 0.360. The Labute approximate surface area is 121 Å². The number of rotatable bonds is 5. The topological polar surface area (TPSA) is 30.5 Å². The molecule has 1 aromatic carbocycles. The molecule has 1 aliphatic heterocycles. The first kappa shape index (κ1) is 13.7. The van der Waals surface area contributed by atoms with Crippen molar-refractivity contribution in [2.24, 2.45) is 0 Å². The summed E-state index contributed by atoms with van der Waals surface area (Å²) in [5.74, 6) is 1.78. The van der Waals surface area contributed by atoms with Crippen LogP contribution >= 0.6 is 0 Å². The van der Waals surface area contributed by atoms with E-state index >= 15 is 0 Å². The molecular weight excluding hydrogens is 250 g/mol. The second-order valence-electron chi connectivity index (χ2n) is 6.13. The van der Waals surface area contributed by atoms with Crippen molar-refractivity contribution in [3.05, 3.63) is 23.8 Å². The Morgan fingerprint density at radius 1 is 1.15 bits per heavy atom. The highest BCUT2D eigenvalue weighted by atomic mass is 16.7. The number of aryl methyl sites for hydroxylation is 1. The lowest BCUT2D eigenvalue weighted by molar-refractivity contribution is 0.174. The molecule has 0 radical (unpaired) electrons. The summed E-state index contributed by atoms with van der Waals surface area (Å²) in [4.78, 5) is 0. The van der Waals surface area contributed by atoms with E-state index in [1.54, 1.807) is 0 Å². The molecule has 3 heteroatoms. The summed E-state index contributed by atoms with van der Waals surface area (Å²) in [6.07, 6.45) is 9.19. The van der Waals surface area contributed by atoms with Crippen molar-refractivity contribution < 1.29 is 9.47 Å². The molecule has 1 N–H and O–H groups in total. The van der Waals surface area contributed by atoms with E-state index in [4.69, 9.17) is 9.47 Å². The third-order valence-corrected chi connectivity index (χ3v) is 4.43. The molecule has 1 aliphatic carbocycles. The van der Waals surface area contributed by atoms with Crippen LogP contribution in [0.3, 0.4) is 0 Å². The Morgan fingerprint density at radius 3 is 2.80 bits per heavy atom. The van der Waals surface area contributed by atoms with Gasteiger partial charge in [-0.05, 0) is 50.3 Å². The molecule has 0 amide bonds. The van der Waals surface area contributed by atoms with Crippen molar-refractivity contribution >= 4 is 0 Å². The zero-order valence-corrected chi connectivity index (χ0v) is 12.4. The van der Waals surface area contributed by atoms with Crippen molar-refractivity contribution in [3.63, 3.8) is 0 Å². The van der Waals surface area contributed by atoms with E-state index in [-0.39, 0.29) is 0 Å². The Balaban J connectivity index is 1.46. The highest BCUT2D eigenvalue weighted by Gasteiger charge is 2.16. The number of benzene rings is 1. The molecule has 1 fully saturated rings. The van der Waals surface area contributed by atoms with Crippen LogP contribution in [0.4, 0.5) is 0 Å². The average Bonchev–Trinajstić information content (AvgIpc) is 2.93. The molecule has 1 heterocycles. The van der Waals surface area contributed by atoms with Gasteiger partial charge in [-0.25, -0.2) is 0 Å². The van der Waals surface area contributed by atoms with Crippen molar-refractivity contribution in [2.75, 3.05) is 6.79 Å². The van der Waals surface area contributed by atoms with E-state index in [0.717, 1.165) is 24.0 Å². The molecule has 1 unspecified atom stereocenters. The van der Waals surface area contributed by atoms with Crippen LogP contribution < -0.4 is 14.8 Å². The zero-order chi connectivity index (χ0) is 13.8. The lowest BCUT2D eigenvalue weighted by Crippen LogP contribution is -2.38. The first-order chi connectivity index (χ1) is 9.81. The van der Waals surface area contributed by atoms with E-state index in [2.05, 4.69) is 24.4 Å². The molecule has 110 valence electrons. The Bertz CT molecular complexity index is 441. The molecule has 0 saturated heterocycles. The van der Waals surface area contributed by atoms with Crippen LogP contribution in [0.1, 0.15) is 51.0 Å². The fraction of sp³-hybridized carbons (Fsp3) is 0.647. The summed E-state index contributed by atoms with van der Waals surface area (Å²) < 4.78 is 10.8. The third kappa shape index (κ3) is 3.45. The lowest BCUT2D eigenvalue weighted by atomic mass is 9.94. The number of hydrogen-bond donors (Lipinski definition) is 1. The van der Waals surface area contributed by atoms with Gasteiger partial charge in [-0.2, -0.15) is 0 Å². The SMILES string of the molecule is CC(CCc1ccc2c(c1)OCO2)NC1CCCCC1. The fourth-order valence-electron chi connectivity index (χ4n) is 3.23. The van der Waals surface area contributed by atoms with Crippen LogP contribution in [0.25, 0.3) is 0 Å². The molecule has 20 heavy (non-hydrogen) atoms. The summed E-state index contributed by atoms with van der Waals surface area (Å²) in [6, 6.07) is 7.63. The molecule has 1 aromatic rings. The number of ether oxygens (including phenoxy) is 2. The van der Waals surface area contributed by atoms with Crippen molar-refractivity contribution in [2.45, 2.75) is 64.0 Å². The second-order valence-corrected chi connectivity index (χ2v) is 6.13. The van der Waals surface area contributed by atoms with E-state index in [1.165, 1.54) is 44.1 Å². The molecule has 1 saturated carbocycles. The minimum Gasteiger partial charge on any atom is -0.454 e. The molecule has 0 spiro atoms. The van der Waals surface area contributed by atoms with Crippen LogP contribution in [-0.2, 0) is 6.42 Å². The molecule has 3 nitrogen and oxygen atoms in total. The van der Waals surface area contributed by atoms with Crippen molar-refractivity contribution in [1.82, 2.24) is 5.32 Å². The maximum Gasteiger partial charge on any atom is 0.231 e. The Hall–Kier alpha value is -1.22. The van der Waals surface area contributed by atoms with Gasteiger partial charge in [0.2, 0.25) is 6.79 Å². The summed E-state index contributed by atoms with van der Waals surface area (Å²) in [7, 11) is 0. The van der Waals surface area contributed by atoms with Gasteiger partial charge < -0.3 is 14.8 Å². The predicted octanol–water partition coefficient (Wildman–Crippen LogP) is 3.66. The quantitative estimate of drug-likeness (QED) is 0.889. The van der Waals surface area contributed by atoms with Crippen molar-refractivity contribution in [1.29, 1.82) is 0 Å². The van der Waals surface area contributed by atoms with Crippen LogP contribution in [0.15, 0.2) is 18.2 Å². The summed E-state index contributed by atoms with van der Waals surface area (Å²) in [5, 5.41) is 3.79. The van der Waals surface area contributed by atoms with Gasteiger partial charge in [0.15, 0.2) is 11.5 Å². The summed E-state index contributed by atoms with van der Waals surface area (Å²) in [6.45, 7) is 2.67.